The molecule has 1 fully saturated rings. The van der Waals surface area contributed by atoms with Crippen molar-refractivity contribution in [1.29, 1.82) is 0 Å². The van der Waals surface area contributed by atoms with Crippen LogP contribution in [0.2, 0.25) is 0 Å². The molecule has 0 amide bonds. The van der Waals surface area contributed by atoms with E-state index < -0.39 is 0 Å². The standard InChI is InChI=1S/C47H44N2/c1-45-30-9-8-17-40(45)43(21-13-31-45)48(42-20-12-15-36-14-4-5-16-39(36)42)37-26-22-34(23-27-37)35-24-28-38(29-25-35)49-44-19-7-6-18-41(44)46(2)32-10-11-33-47(46,49)3/h4-9,12-30H,10-11,31-33H2,1-3H3. The molecule has 0 aromatic heterocycles. The van der Waals surface area contributed by atoms with Gasteiger partial charge in [0.25, 0.3) is 0 Å². The largest absolute Gasteiger partial charge is 0.334 e. The Hall–Kier alpha value is -5.08. The molecule has 242 valence electrons. The summed E-state index contributed by atoms with van der Waals surface area (Å²) in [5.41, 5.74) is 11.8. The lowest BCUT2D eigenvalue weighted by Gasteiger charge is -2.50. The Balaban J connectivity index is 1.10. The molecule has 0 radical (unpaired) electrons. The lowest BCUT2D eigenvalue weighted by atomic mass is 9.61. The van der Waals surface area contributed by atoms with Crippen molar-refractivity contribution >= 4 is 33.5 Å². The number of rotatable bonds is 5. The van der Waals surface area contributed by atoms with Crippen molar-refractivity contribution in [2.75, 3.05) is 9.80 Å². The van der Waals surface area contributed by atoms with Gasteiger partial charge in [-0.05, 0) is 96.3 Å². The molecular weight excluding hydrogens is 593 g/mol. The van der Waals surface area contributed by atoms with Crippen LogP contribution in [0.1, 0.15) is 58.4 Å². The van der Waals surface area contributed by atoms with E-state index in [0.717, 1.165) is 12.1 Å². The fraction of sp³-hybridized carbons (Fsp3) is 0.234. The van der Waals surface area contributed by atoms with E-state index in [1.54, 1.807) is 0 Å². The van der Waals surface area contributed by atoms with Crippen molar-refractivity contribution in [3.63, 3.8) is 0 Å². The van der Waals surface area contributed by atoms with E-state index in [0.29, 0.717) is 0 Å². The highest BCUT2D eigenvalue weighted by Gasteiger charge is 2.57. The van der Waals surface area contributed by atoms with Crippen LogP contribution < -0.4 is 9.80 Å². The molecule has 3 atom stereocenters. The minimum Gasteiger partial charge on any atom is -0.334 e. The molecule has 2 nitrogen and oxygen atoms in total. The van der Waals surface area contributed by atoms with Crippen LogP contribution in [-0.2, 0) is 5.41 Å². The zero-order valence-corrected chi connectivity index (χ0v) is 28.9. The number of fused-ring (bicyclic) bond motifs is 5. The van der Waals surface area contributed by atoms with Crippen LogP contribution in [0.4, 0.5) is 22.7 Å². The summed E-state index contributed by atoms with van der Waals surface area (Å²) in [6.07, 6.45) is 19.8. The van der Waals surface area contributed by atoms with E-state index in [9.17, 15) is 0 Å². The monoisotopic (exact) mass is 636 g/mol. The van der Waals surface area contributed by atoms with Gasteiger partial charge in [-0.2, -0.15) is 0 Å². The number of benzene rings is 5. The van der Waals surface area contributed by atoms with Crippen LogP contribution in [0.3, 0.4) is 0 Å². The topological polar surface area (TPSA) is 6.48 Å². The molecule has 3 unspecified atom stereocenters. The second kappa shape index (κ2) is 11.2. The Labute approximate surface area is 291 Å². The van der Waals surface area contributed by atoms with Gasteiger partial charge in [-0.15, -0.1) is 0 Å². The first-order chi connectivity index (χ1) is 23.9. The quantitative estimate of drug-likeness (QED) is 0.189. The molecule has 0 N–H and O–H groups in total. The average Bonchev–Trinajstić information content (AvgIpc) is 3.35. The van der Waals surface area contributed by atoms with Crippen molar-refractivity contribution in [3.8, 4) is 11.1 Å². The number of para-hydroxylation sites is 1. The highest BCUT2D eigenvalue weighted by Crippen LogP contribution is 2.60. The van der Waals surface area contributed by atoms with E-state index in [1.807, 2.05) is 0 Å². The predicted molar refractivity (Wildman–Crippen MR) is 208 cm³/mol. The Morgan fingerprint density at radius 2 is 1.37 bits per heavy atom. The van der Waals surface area contributed by atoms with Crippen LogP contribution >= 0.6 is 0 Å². The van der Waals surface area contributed by atoms with Crippen LogP contribution in [-0.4, -0.2) is 5.54 Å². The molecule has 1 heterocycles. The first-order valence-corrected chi connectivity index (χ1v) is 18.1. The minimum atomic E-state index is -0.0225. The summed E-state index contributed by atoms with van der Waals surface area (Å²) in [6, 6.07) is 43.0. The average molecular weight is 637 g/mol. The summed E-state index contributed by atoms with van der Waals surface area (Å²) in [7, 11) is 0. The third-order valence-corrected chi connectivity index (χ3v) is 12.4. The van der Waals surface area contributed by atoms with Crippen molar-refractivity contribution in [3.05, 3.63) is 169 Å². The molecular formula is C47H44N2. The second-order valence-electron chi connectivity index (χ2n) is 15.1. The molecule has 5 aromatic carbocycles. The predicted octanol–water partition coefficient (Wildman–Crippen LogP) is 12.7. The maximum atomic E-state index is 2.66. The maximum absolute atomic E-state index is 2.66. The van der Waals surface area contributed by atoms with Crippen molar-refractivity contribution < 1.29 is 0 Å². The first kappa shape index (κ1) is 30.0. The van der Waals surface area contributed by atoms with Crippen LogP contribution in [0.15, 0.2) is 163 Å². The molecule has 0 spiro atoms. The van der Waals surface area contributed by atoms with Crippen molar-refractivity contribution in [2.45, 2.75) is 63.8 Å². The van der Waals surface area contributed by atoms with Gasteiger partial charge in [0.1, 0.15) is 0 Å². The van der Waals surface area contributed by atoms with E-state index >= 15 is 0 Å². The Bertz CT molecular complexity index is 2190. The van der Waals surface area contributed by atoms with E-state index in [-0.39, 0.29) is 16.4 Å². The zero-order chi connectivity index (χ0) is 33.2. The smallest absolute Gasteiger partial charge is 0.0540 e. The van der Waals surface area contributed by atoms with Gasteiger partial charge >= 0.3 is 0 Å². The maximum Gasteiger partial charge on any atom is 0.0540 e. The molecule has 0 bridgehead atoms. The highest BCUT2D eigenvalue weighted by molar-refractivity contribution is 5.98. The number of allylic oxidation sites excluding steroid dienone is 7. The van der Waals surface area contributed by atoms with Gasteiger partial charge in [0, 0.05) is 39.0 Å². The third-order valence-electron chi connectivity index (χ3n) is 12.4. The molecule has 9 rings (SSSR count). The highest BCUT2D eigenvalue weighted by atomic mass is 15.3. The summed E-state index contributed by atoms with van der Waals surface area (Å²) in [6.45, 7) is 7.36. The Morgan fingerprint density at radius 1 is 0.653 bits per heavy atom. The summed E-state index contributed by atoms with van der Waals surface area (Å²) in [5.74, 6) is 0. The Morgan fingerprint density at radius 3 is 2.20 bits per heavy atom. The lowest BCUT2D eigenvalue weighted by Crippen LogP contribution is -2.54. The van der Waals surface area contributed by atoms with Gasteiger partial charge in [0.15, 0.2) is 0 Å². The number of nitrogens with zero attached hydrogens (tertiary/aromatic N) is 2. The van der Waals surface area contributed by atoms with Gasteiger partial charge in [-0.3, -0.25) is 0 Å². The van der Waals surface area contributed by atoms with E-state index in [2.05, 4.69) is 182 Å². The summed E-state index contributed by atoms with van der Waals surface area (Å²) >= 11 is 0. The van der Waals surface area contributed by atoms with E-state index in [1.165, 1.54) is 81.5 Å². The van der Waals surface area contributed by atoms with Crippen LogP contribution in [0.5, 0.6) is 0 Å². The van der Waals surface area contributed by atoms with Gasteiger partial charge in [-0.25, -0.2) is 0 Å². The molecule has 2 heteroatoms. The van der Waals surface area contributed by atoms with Crippen LogP contribution in [0.25, 0.3) is 21.9 Å². The summed E-state index contributed by atoms with van der Waals surface area (Å²) < 4.78 is 0. The fourth-order valence-corrected chi connectivity index (χ4v) is 9.47. The Kier molecular flexibility index (Phi) is 6.88. The normalized spacial score (nSPS) is 25.3. The summed E-state index contributed by atoms with van der Waals surface area (Å²) in [5, 5.41) is 2.50. The molecule has 3 aliphatic carbocycles. The van der Waals surface area contributed by atoms with Gasteiger partial charge in [0.05, 0.1) is 11.2 Å². The molecule has 5 aromatic rings. The molecule has 1 saturated carbocycles. The van der Waals surface area contributed by atoms with E-state index in [4.69, 9.17) is 0 Å². The number of anilines is 4. The minimum absolute atomic E-state index is 0.0225. The molecule has 1 aliphatic heterocycles. The van der Waals surface area contributed by atoms with Gasteiger partial charge < -0.3 is 9.80 Å². The second-order valence-corrected chi connectivity index (χ2v) is 15.1. The fourth-order valence-electron chi connectivity index (χ4n) is 9.47. The SMILES string of the molecule is CC12C=CC=CC1=C(N(c1ccc(-c3ccc(N4c5ccccc5C5(C)CCCCC45C)cc3)cc1)c1cccc3ccccc13)C=CC2. The molecule has 49 heavy (non-hydrogen) atoms. The molecule has 4 aliphatic rings. The van der Waals surface area contributed by atoms with Crippen molar-refractivity contribution in [1.82, 2.24) is 0 Å². The van der Waals surface area contributed by atoms with Crippen LogP contribution in [0, 0.1) is 5.41 Å². The molecule has 0 saturated heterocycles. The zero-order valence-electron chi connectivity index (χ0n) is 28.9. The lowest BCUT2D eigenvalue weighted by molar-refractivity contribution is 0.195. The van der Waals surface area contributed by atoms with Gasteiger partial charge in [-0.1, -0.05) is 136 Å². The summed E-state index contributed by atoms with van der Waals surface area (Å²) in [4.78, 5) is 5.13. The van der Waals surface area contributed by atoms with Gasteiger partial charge in [0.2, 0.25) is 0 Å². The third kappa shape index (κ3) is 4.53. The van der Waals surface area contributed by atoms with Crippen molar-refractivity contribution in [2.24, 2.45) is 5.41 Å². The number of hydrogen-bond donors (Lipinski definition) is 0. The first-order valence-electron chi connectivity index (χ1n) is 18.1. The number of hydrogen-bond acceptors (Lipinski definition) is 2.